The fourth-order valence-corrected chi connectivity index (χ4v) is 7.48. The molecule has 7 heteroatoms. The zero-order valence-electron chi connectivity index (χ0n) is 14.3. The van der Waals surface area contributed by atoms with Crippen LogP contribution in [-0.4, -0.2) is 19.4 Å². The molecule has 5 rings (SSSR count). The lowest BCUT2D eigenvalue weighted by Gasteiger charge is -2.59. The van der Waals surface area contributed by atoms with Crippen molar-refractivity contribution in [1.82, 2.24) is 4.72 Å². The van der Waals surface area contributed by atoms with E-state index >= 15 is 0 Å². The molecule has 25 heavy (non-hydrogen) atoms. The lowest BCUT2D eigenvalue weighted by Crippen LogP contribution is -2.55. The minimum absolute atomic E-state index is 0.0192. The highest BCUT2D eigenvalue weighted by molar-refractivity contribution is 7.89. The molecule has 0 aromatic heterocycles. The monoisotopic (exact) mass is 364 g/mol. The third-order valence-electron chi connectivity index (χ3n) is 6.69. The fraction of sp³-hybridized carbons (Fsp3) is 0.667. The molecule has 0 saturated heterocycles. The first-order valence-corrected chi connectivity index (χ1v) is 10.5. The maximum atomic E-state index is 12.8. The van der Waals surface area contributed by atoms with Gasteiger partial charge >= 0.3 is 0 Å². The van der Waals surface area contributed by atoms with Gasteiger partial charge in [-0.15, -0.1) is 0 Å². The predicted molar refractivity (Wildman–Crippen MR) is 93.5 cm³/mol. The van der Waals surface area contributed by atoms with Gasteiger partial charge in [-0.25, -0.2) is 13.1 Å². The maximum Gasteiger partial charge on any atom is 0.289 e. The Labute approximate surface area is 148 Å². The molecule has 1 N–H and O–H groups in total. The van der Waals surface area contributed by atoms with Crippen LogP contribution in [0.2, 0.25) is 0 Å². The highest BCUT2D eigenvalue weighted by Gasteiger charge is 2.53. The normalized spacial score (nSPS) is 34.8. The summed E-state index contributed by atoms with van der Waals surface area (Å²) in [6.45, 7) is 1.94. The first-order chi connectivity index (χ1) is 11.8. The van der Waals surface area contributed by atoms with E-state index in [4.69, 9.17) is 0 Å². The fourth-order valence-electron chi connectivity index (χ4n) is 5.96. The first-order valence-electron chi connectivity index (χ1n) is 9.05. The van der Waals surface area contributed by atoms with Gasteiger partial charge in [-0.3, -0.25) is 10.1 Å². The molecule has 0 radical (unpaired) electrons. The molecule has 1 aromatic rings. The molecule has 6 nitrogen and oxygen atoms in total. The summed E-state index contributed by atoms with van der Waals surface area (Å²) in [5.74, 6) is 2.18. The van der Waals surface area contributed by atoms with Gasteiger partial charge in [0.15, 0.2) is 4.90 Å². The van der Waals surface area contributed by atoms with E-state index in [1.807, 2.05) is 6.92 Å². The summed E-state index contributed by atoms with van der Waals surface area (Å²) in [6.07, 6.45) is 7.13. The molecule has 0 aliphatic heterocycles. The van der Waals surface area contributed by atoms with Gasteiger partial charge in [-0.2, -0.15) is 0 Å². The maximum absolute atomic E-state index is 12.8. The number of hydrogen-bond acceptors (Lipinski definition) is 4. The summed E-state index contributed by atoms with van der Waals surface area (Å²) in [5, 5.41) is 11.2. The molecule has 1 atom stereocenters. The van der Waals surface area contributed by atoms with Gasteiger partial charge in [0, 0.05) is 12.1 Å². The van der Waals surface area contributed by atoms with Gasteiger partial charge in [0.1, 0.15) is 0 Å². The van der Waals surface area contributed by atoms with Gasteiger partial charge < -0.3 is 0 Å². The van der Waals surface area contributed by atoms with Crippen LogP contribution in [0, 0.1) is 33.3 Å². The van der Waals surface area contributed by atoms with Crippen molar-refractivity contribution < 1.29 is 13.3 Å². The number of hydrogen-bond donors (Lipinski definition) is 1. The van der Waals surface area contributed by atoms with E-state index in [9.17, 15) is 18.5 Å². The topological polar surface area (TPSA) is 89.3 Å². The van der Waals surface area contributed by atoms with Crippen LogP contribution in [0.4, 0.5) is 5.69 Å². The summed E-state index contributed by atoms with van der Waals surface area (Å²) in [5.41, 5.74) is -0.349. The van der Waals surface area contributed by atoms with E-state index in [0.717, 1.165) is 37.0 Å². The third kappa shape index (κ3) is 2.87. The minimum Gasteiger partial charge on any atom is -0.258 e. The molecule has 1 unspecified atom stereocenters. The van der Waals surface area contributed by atoms with Crippen molar-refractivity contribution in [3.63, 3.8) is 0 Å². The van der Waals surface area contributed by atoms with Gasteiger partial charge in [-0.1, -0.05) is 12.1 Å². The van der Waals surface area contributed by atoms with Gasteiger partial charge in [0.25, 0.3) is 5.69 Å². The van der Waals surface area contributed by atoms with Crippen molar-refractivity contribution in [2.45, 2.75) is 56.4 Å². The Kier molecular flexibility index (Phi) is 3.92. The number of nitrogens with zero attached hydrogens (tertiary/aromatic N) is 1. The Hall–Kier alpha value is -1.47. The lowest BCUT2D eigenvalue weighted by atomic mass is 9.48. The van der Waals surface area contributed by atoms with E-state index in [1.165, 1.54) is 43.5 Å². The molecule has 136 valence electrons. The summed E-state index contributed by atoms with van der Waals surface area (Å²) >= 11 is 0. The van der Waals surface area contributed by atoms with E-state index in [-0.39, 0.29) is 22.0 Å². The predicted octanol–water partition coefficient (Wildman–Crippen LogP) is 3.48. The Morgan fingerprint density at radius 2 is 1.64 bits per heavy atom. The van der Waals surface area contributed by atoms with Crippen LogP contribution in [-0.2, 0) is 10.0 Å². The van der Waals surface area contributed by atoms with Crippen molar-refractivity contribution in [3.05, 3.63) is 34.4 Å². The Bertz CT molecular complexity index is 770. The molecule has 4 saturated carbocycles. The van der Waals surface area contributed by atoms with Crippen LogP contribution in [0.1, 0.15) is 45.4 Å². The molecule has 4 aliphatic rings. The highest BCUT2D eigenvalue weighted by Crippen LogP contribution is 2.61. The average molecular weight is 364 g/mol. The second kappa shape index (κ2) is 5.77. The van der Waals surface area contributed by atoms with E-state index in [2.05, 4.69) is 4.72 Å². The first kappa shape index (κ1) is 17.0. The number of nitrogens with one attached hydrogen (secondary N) is 1. The zero-order chi connectivity index (χ0) is 17.8. The van der Waals surface area contributed by atoms with Crippen LogP contribution in [0.15, 0.2) is 29.2 Å². The SMILES string of the molecule is CC(NS(=O)(=O)c1ccccc1[N+](=O)[O-])C12CC3CC(CC(C3)C1)C2. The minimum atomic E-state index is -3.92. The van der Waals surface area contributed by atoms with Gasteiger partial charge in [0.2, 0.25) is 10.0 Å². The molecule has 4 aliphatic carbocycles. The van der Waals surface area contributed by atoms with Crippen molar-refractivity contribution in [2.75, 3.05) is 0 Å². The van der Waals surface area contributed by atoms with E-state index in [1.54, 1.807) is 0 Å². The molecule has 0 heterocycles. The number of sulfonamides is 1. The summed E-state index contributed by atoms with van der Waals surface area (Å²) < 4.78 is 28.5. The third-order valence-corrected chi connectivity index (χ3v) is 8.28. The summed E-state index contributed by atoms with van der Waals surface area (Å²) in [7, 11) is -3.92. The smallest absolute Gasteiger partial charge is 0.258 e. The second-order valence-corrected chi connectivity index (χ2v) is 10.0. The average Bonchev–Trinajstić information content (AvgIpc) is 2.53. The lowest BCUT2D eigenvalue weighted by molar-refractivity contribution is -0.387. The molecule has 1 aromatic carbocycles. The Balaban J connectivity index is 1.60. The van der Waals surface area contributed by atoms with Crippen molar-refractivity contribution >= 4 is 15.7 Å². The van der Waals surface area contributed by atoms with E-state index in [0.29, 0.717) is 0 Å². The number of nitro benzene ring substituents is 1. The zero-order valence-corrected chi connectivity index (χ0v) is 15.2. The summed E-state index contributed by atoms with van der Waals surface area (Å²) in [6, 6.07) is 5.36. The van der Waals surface area contributed by atoms with Crippen LogP contribution < -0.4 is 4.72 Å². The van der Waals surface area contributed by atoms with Crippen LogP contribution in [0.25, 0.3) is 0 Å². The molecular weight excluding hydrogens is 340 g/mol. The van der Waals surface area contributed by atoms with E-state index < -0.39 is 14.9 Å². The van der Waals surface area contributed by atoms with Crippen LogP contribution in [0.3, 0.4) is 0 Å². The molecule has 0 amide bonds. The van der Waals surface area contributed by atoms with Crippen molar-refractivity contribution in [1.29, 1.82) is 0 Å². The van der Waals surface area contributed by atoms with Crippen LogP contribution >= 0.6 is 0 Å². The Morgan fingerprint density at radius 1 is 1.12 bits per heavy atom. The van der Waals surface area contributed by atoms with Crippen molar-refractivity contribution in [2.24, 2.45) is 23.2 Å². The molecule has 4 bridgehead atoms. The standard InChI is InChI=1S/C18H24N2O4S/c1-12(18-9-13-6-14(10-18)8-15(7-13)11-18)19-25(23,24)17-5-3-2-4-16(17)20(21)22/h2-5,12-15,19H,6-11H2,1H3. The molecule has 4 fully saturated rings. The number of nitro groups is 1. The highest BCUT2D eigenvalue weighted by atomic mass is 32.2. The van der Waals surface area contributed by atoms with Crippen molar-refractivity contribution in [3.8, 4) is 0 Å². The quantitative estimate of drug-likeness (QED) is 0.640. The second-order valence-electron chi connectivity index (χ2n) is 8.35. The number of rotatable bonds is 5. The molecular formula is C18H24N2O4S. The largest absolute Gasteiger partial charge is 0.289 e. The number of para-hydroxylation sites is 1. The molecule has 0 spiro atoms. The van der Waals surface area contributed by atoms with Crippen LogP contribution in [0.5, 0.6) is 0 Å². The number of benzene rings is 1. The van der Waals surface area contributed by atoms with Gasteiger partial charge in [-0.05, 0) is 74.7 Å². The Morgan fingerprint density at radius 3 is 2.16 bits per heavy atom. The van der Waals surface area contributed by atoms with Gasteiger partial charge in [0.05, 0.1) is 4.92 Å². The summed E-state index contributed by atoms with van der Waals surface area (Å²) in [4.78, 5) is 10.3.